The summed E-state index contributed by atoms with van der Waals surface area (Å²) in [5.74, 6) is 0.436. The molecule has 9 heteroatoms. The average Bonchev–Trinajstić information content (AvgIpc) is 2.99. The zero-order valence-corrected chi connectivity index (χ0v) is 14.1. The topological polar surface area (TPSA) is 70.2 Å². The molecule has 0 bridgehead atoms. The molecule has 0 atom stereocenters. The SMILES string of the molecule is O=[N+]([O-])c1cc(Cl)c(Oc2ccn(-c3ccc(Cl)cc3)n2)cc1Cl. The highest BCUT2D eigenvalue weighted by Gasteiger charge is 2.18. The Labute approximate surface area is 151 Å². The summed E-state index contributed by atoms with van der Waals surface area (Å²) in [5.41, 5.74) is 0.503. The standard InChI is InChI=1S/C15H8Cl3N3O3/c16-9-1-3-10(4-2-9)20-6-5-15(19-20)24-14-8-11(17)13(21(22)23)7-12(14)18/h1-8H. The molecule has 1 heterocycles. The lowest BCUT2D eigenvalue weighted by molar-refractivity contribution is -0.384. The summed E-state index contributed by atoms with van der Waals surface area (Å²) < 4.78 is 7.14. The number of benzene rings is 2. The first-order valence-corrected chi connectivity index (χ1v) is 7.70. The molecular formula is C15H8Cl3N3O3. The van der Waals surface area contributed by atoms with Crippen LogP contribution in [0.1, 0.15) is 0 Å². The van der Waals surface area contributed by atoms with Crippen LogP contribution in [-0.4, -0.2) is 14.7 Å². The summed E-state index contributed by atoms with van der Waals surface area (Å²) in [5, 5.41) is 15.7. The monoisotopic (exact) mass is 383 g/mol. The van der Waals surface area contributed by atoms with E-state index in [9.17, 15) is 10.1 Å². The Kier molecular flexibility index (Phi) is 4.62. The fraction of sp³-hybridized carbons (Fsp3) is 0. The Morgan fingerprint density at radius 1 is 1.04 bits per heavy atom. The number of nitro benzene ring substituents is 1. The molecule has 0 unspecified atom stereocenters. The Morgan fingerprint density at radius 2 is 1.75 bits per heavy atom. The van der Waals surface area contributed by atoms with E-state index in [0.717, 1.165) is 11.8 Å². The van der Waals surface area contributed by atoms with Crippen molar-refractivity contribution in [3.05, 3.63) is 73.8 Å². The molecule has 0 spiro atoms. The first-order valence-electron chi connectivity index (χ1n) is 6.57. The molecule has 122 valence electrons. The molecule has 0 aliphatic rings. The van der Waals surface area contributed by atoms with Gasteiger partial charge in [0, 0.05) is 29.4 Å². The van der Waals surface area contributed by atoms with Crippen LogP contribution in [0.25, 0.3) is 5.69 Å². The van der Waals surface area contributed by atoms with Crippen molar-refractivity contribution in [2.45, 2.75) is 0 Å². The fourth-order valence-electron chi connectivity index (χ4n) is 1.95. The van der Waals surface area contributed by atoms with Crippen molar-refractivity contribution in [2.75, 3.05) is 0 Å². The van der Waals surface area contributed by atoms with Crippen LogP contribution in [-0.2, 0) is 0 Å². The first kappa shape index (κ1) is 16.6. The molecule has 0 saturated heterocycles. The predicted molar refractivity (Wildman–Crippen MR) is 91.8 cm³/mol. The third-order valence-corrected chi connectivity index (χ3v) is 3.92. The molecule has 0 aliphatic heterocycles. The number of ether oxygens (including phenoxy) is 1. The van der Waals surface area contributed by atoms with Gasteiger partial charge in [-0.15, -0.1) is 5.10 Å². The number of halogens is 3. The van der Waals surface area contributed by atoms with Crippen LogP contribution in [0.15, 0.2) is 48.7 Å². The molecule has 0 fully saturated rings. The number of rotatable bonds is 4. The minimum Gasteiger partial charge on any atom is -0.436 e. The second kappa shape index (κ2) is 6.68. The minimum absolute atomic E-state index is 0.0622. The molecule has 0 N–H and O–H groups in total. The number of aromatic nitrogens is 2. The van der Waals surface area contributed by atoms with Crippen LogP contribution >= 0.6 is 34.8 Å². The maximum absolute atomic E-state index is 10.8. The third kappa shape index (κ3) is 3.46. The van der Waals surface area contributed by atoms with Crippen molar-refractivity contribution in [1.82, 2.24) is 9.78 Å². The van der Waals surface area contributed by atoms with E-state index in [4.69, 9.17) is 39.5 Å². The highest BCUT2D eigenvalue weighted by molar-refractivity contribution is 6.35. The van der Waals surface area contributed by atoms with Crippen molar-refractivity contribution >= 4 is 40.5 Å². The van der Waals surface area contributed by atoms with Crippen molar-refractivity contribution in [2.24, 2.45) is 0 Å². The van der Waals surface area contributed by atoms with E-state index >= 15 is 0 Å². The van der Waals surface area contributed by atoms with E-state index in [2.05, 4.69) is 5.10 Å². The van der Waals surface area contributed by atoms with Gasteiger partial charge in [-0.1, -0.05) is 34.8 Å². The smallest absolute Gasteiger partial charge is 0.289 e. The van der Waals surface area contributed by atoms with Gasteiger partial charge in [0.2, 0.25) is 5.88 Å². The van der Waals surface area contributed by atoms with E-state index < -0.39 is 4.92 Å². The van der Waals surface area contributed by atoms with Crippen LogP contribution < -0.4 is 4.74 Å². The van der Waals surface area contributed by atoms with Gasteiger partial charge in [0.05, 0.1) is 15.6 Å². The average molecular weight is 385 g/mol. The molecule has 0 aliphatic carbocycles. The zero-order chi connectivity index (χ0) is 17.3. The summed E-state index contributed by atoms with van der Waals surface area (Å²) >= 11 is 17.7. The Morgan fingerprint density at radius 3 is 2.42 bits per heavy atom. The Bertz CT molecular complexity index is 910. The van der Waals surface area contributed by atoms with Crippen LogP contribution in [0.4, 0.5) is 5.69 Å². The second-order valence-electron chi connectivity index (χ2n) is 4.67. The second-order valence-corrected chi connectivity index (χ2v) is 5.92. The highest BCUT2D eigenvalue weighted by atomic mass is 35.5. The fourth-order valence-corrected chi connectivity index (χ4v) is 2.49. The van der Waals surface area contributed by atoms with E-state index in [1.807, 2.05) is 0 Å². The summed E-state index contributed by atoms with van der Waals surface area (Å²) in [6.07, 6.45) is 1.69. The summed E-state index contributed by atoms with van der Waals surface area (Å²) in [6.45, 7) is 0. The van der Waals surface area contributed by atoms with Gasteiger partial charge in [-0.25, -0.2) is 4.68 Å². The van der Waals surface area contributed by atoms with Gasteiger partial charge in [0.1, 0.15) is 10.8 Å². The van der Waals surface area contributed by atoms with E-state index in [-0.39, 0.29) is 27.4 Å². The number of nitro groups is 1. The summed E-state index contributed by atoms with van der Waals surface area (Å²) in [4.78, 5) is 10.2. The van der Waals surface area contributed by atoms with Crippen molar-refractivity contribution in [1.29, 1.82) is 0 Å². The van der Waals surface area contributed by atoms with Gasteiger partial charge in [-0.3, -0.25) is 10.1 Å². The van der Waals surface area contributed by atoms with Crippen LogP contribution in [0.2, 0.25) is 15.1 Å². The minimum atomic E-state index is -0.618. The van der Waals surface area contributed by atoms with Crippen molar-refractivity contribution in [3.63, 3.8) is 0 Å². The first-order chi connectivity index (χ1) is 11.4. The summed E-state index contributed by atoms with van der Waals surface area (Å²) in [7, 11) is 0. The molecule has 1 aromatic heterocycles. The van der Waals surface area contributed by atoms with E-state index in [1.54, 1.807) is 41.2 Å². The van der Waals surface area contributed by atoms with Gasteiger partial charge in [-0.2, -0.15) is 0 Å². The Hall–Kier alpha value is -2.28. The molecule has 24 heavy (non-hydrogen) atoms. The van der Waals surface area contributed by atoms with Crippen LogP contribution in [0, 0.1) is 10.1 Å². The molecule has 0 amide bonds. The number of hydrogen-bond acceptors (Lipinski definition) is 4. The normalized spacial score (nSPS) is 10.6. The Balaban J connectivity index is 1.86. The maximum atomic E-state index is 10.8. The lowest BCUT2D eigenvalue weighted by atomic mass is 10.3. The largest absolute Gasteiger partial charge is 0.436 e. The number of hydrogen-bond donors (Lipinski definition) is 0. The molecule has 3 rings (SSSR count). The van der Waals surface area contributed by atoms with Crippen molar-refractivity contribution in [3.8, 4) is 17.3 Å². The maximum Gasteiger partial charge on any atom is 0.289 e. The number of nitrogens with zero attached hydrogens (tertiary/aromatic N) is 3. The zero-order valence-electron chi connectivity index (χ0n) is 11.8. The summed E-state index contributed by atoms with van der Waals surface area (Å²) in [6, 6.07) is 11.1. The molecule has 3 aromatic rings. The molecule has 0 radical (unpaired) electrons. The quantitative estimate of drug-likeness (QED) is 0.438. The van der Waals surface area contributed by atoms with Gasteiger partial charge in [-0.05, 0) is 24.3 Å². The van der Waals surface area contributed by atoms with Gasteiger partial charge in [0.15, 0.2) is 0 Å². The highest BCUT2D eigenvalue weighted by Crippen LogP contribution is 2.37. The van der Waals surface area contributed by atoms with Crippen LogP contribution in [0.5, 0.6) is 11.6 Å². The molecule has 2 aromatic carbocycles. The lowest BCUT2D eigenvalue weighted by Crippen LogP contribution is -1.95. The molecular weight excluding hydrogens is 377 g/mol. The van der Waals surface area contributed by atoms with Crippen LogP contribution in [0.3, 0.4) is 0 Å². The van der Waals surface area contributed by atoms with E-state index in [1.165, 1.54) is 6.07 Å². The molecule has 6 nitrogen and oxygen atoms in total. The van der Waals surface area contributed by atoms with Crippen molar-refractivity contribution < 1.29 is 9.66 Å². The lowest BCUT2D eigenvalue weighted by Gasteiger charge is -2.06. The van der Waals surface area contributed by atoms with Gasteiger partial charge >= 0.3 is 0 Å². The predicted octanol–water partition coefficient (Wildman–Crippen LogP) is 5.53. The molecule has 0 saturated carbocycles. The van der Waals surface area contributed by atoms with Gasteiger partial charge in [0.25, 0.3) is 5.69 Å². The van der Waals surface area contributed by atoms with E-state index in [0.29, 0.717) is 5.02 Å². The van der Waals surface area contributed by atoms with Gasteiger partial charge < -0.3 is 4.74 Å². The third-order valence-electron chi connectivity index (χ3n) is 3.07.